The van der Waals surface area contributed by atoms with Crippen LogP contribution in [0.1, 0.15) is 43.7 Å². The fourth-order valence-electron chi connectivity index (χ4n) is 2.38. The van der Waals surface area contributed by atoms with Gasteiger partial charge in [-0.2, -0.15) is 0 Å². The van der Waals surface area contributed by atoms with Crippen LogP contribution >= 0.6 is 0 Å². The van der Waals surface area contributed by atoms with Crippen LogP contribution in [0.4, 0.5) is 10.1 Å². The summed E-state index contributed by atoms with van der Waals surface area (Å²) in [7, 11) is 3.63. The van der Waals surface area contributed by atoms with Crippen molar-refractivity contribution in [2.75, 3.05) is 25.5 Å². The summed E-state index contributed by atoms with van der Waals surface area (Å²) in [6.45, 7) is 7.73. The Balaban J connectivity index is 2.00. The van der Waals surface area contributed by atoms with Crippen molar-refractivity contribution in [1.29, 1.82) is 0 Å². The van der Waals surface area contributed by atoms with Gasteiger partial charge in [0.15, 0.2) is 11.7 Å². The van der Waals surface area contributed by atoms with E-state index in [9.17, 15) is 4.39 Å². The second-order valence-corrected chi connectivity index (χ2v) is 6.60. The average molecular weight is 361 g/mol. The highest BCUT2D eigenvalue weighted by Gasteiger charge is 2.09. The van der Waals surface area contributed by atoms with Gasteiger partial charge < -0.3 is 20.1 Å². The molecule has 0 spiro atoms. The van der Waals surface area contributed by atoms with E-state index in [1.165, 1.54) is 6.07 Å². The number of halogens is 1. The summed E-state index contributed by atoms with van der Waals surface area (Å²) in [5.41, 5.74) is 2.31. The molecule has 0 amide bonds. The van der Waals surface area contributed by atoms with Gasteiger partial charge in [0.1, 0.15) is 5.82 Å². The zero-order valence-electron chi connectivity index (χ0n) is 16.1. The van der Waals surface area contributed by atoms with Crippen LogP contribution in [0.5, 0.6) is 0 Å². The summed E-state index contributed by atoms with van der Waals surface area (Å²) in [5.74, 6) is 1.48. The highest BCUT2D eigenvalue weighted by Crippen LogP contribution is 2.18. The van der Waals surface area contributed by atoms with Crippen LogP contribution in [0.2, 0.25) is 0 Å². The maximum Gasteiger partial charge on any atom is 0.191 e. The maximum atomic E-state index is 14.1. The molecule has 0 radical (unpaired) electrons. The molecule has 1 aromatic heterocycles. The maximum absolute atomic E-state index is 14.1. The standard InChI is InChI=1S/C19H28FN5O/c1-6-21-19(23-12-15-10-17(13(2)3)24-26-15)22-11-14-7-8-18(25(4)5)16(20)9-14/h7-10,13H,6,11-12H2,1-5H3,(H2,21,22,23). The minimum absolute atomic E-state index is 0.247. The molecule has 1 heterocycles. The molecule has 6 nitrogen and oxygen atoms in total. The van der Waals surface area contributed by atoms with E-state index in [0.29, 0.717) is 30.7 Å². The van der Waals surface area contributed by atoms with Crippen molar-refractivity contribution in [2.24, 2.45) is 4.99 Å². The lowest BCUT2D eigenvalue weighted by atomic mass is 10.1. The quantitative estimate of drug-likeness (QED) is 0.585. The minimum atomic E-state index is -0.247. The first-order valence-electron chi connectivity index (χ1n) is 8.84. The minimum Gasteiger partial charge on any atom is -0.375 e. The molecule has 142 valence electrons. The van der Waals surface area contributed by atoms with Gasteiger partial charge in [-0.3, -0.25) is 0 Å². The van der Waals surface area contributed by atoms with Gasteiger partial charge in [0.2, 0.25) is 0 Å². The first-order valence-corrected chi connectivity index (χ1v) is 8.84. The van der Waals surface area contributed by atoms with Gasteiger partial charge in [0.25, 0.3) is 0 Å². The third-order valence-corrected chi connectivity index (χ3v) is 3.86. The second kappa shape index (κ2) is 9.22. The van der Waals surface area contributed by atoms with E-state index in [1.54, 1.807) is 11.0 Å². The van der Waals surface area contributed by atoms with Gasteiger partial charge in [0, 0.05) is 26.7 Å². The molecule has 0 saturated carbocycles. The molecular weight excluding hydrogens is 333 g/mol. The van der Waals surface area contributed by atoms with Crippen molar-refractivity contribution in [3.05, 3.63) is 47.1 Å². The number of aromatic nitrogens is 1. The number of hydrogen-bond donors (Lipinski definition) is 2. The zero-order valence-corrected chi connectivity index (χ0v) is 16.1. The summed E-state index contributed by atoms with van der Waals surface area (Å²) in [6.07, 6.45) is 0. The molecule has 0 saturated heterocycles. The average Bonchev–Trinajstić information content (AvgIpc) is 3.06. The topological polar surface area (TPSA) is 65.7 Å². The SMILES string of the molecule is CCNC(=NCc1ccc(N(C)C)c(F)c1)NCc1cc(C(C)C)no1. The van der Waals surface area contributed by atoms with Crippen LogP contribution in [0.3, 0.4) is 0 Å². The molecule has 26 heavy (non-hydrogen) atoms. The Kier molecular flexibility index (Phi) is 7.00. The number of rotatable bonds is 7. The number of nitrogens with one attached hydrogen (secondary N) is 2. The normalized spacial score (nSPS) is 11.7. The highest BCUT2D eigenvalue weighted by molar-refractivity contribution is 5.79. The van der Waals surface area contributed by atoms with Crippen LogP contribution in [0.25, 0.3) is 0 Å². The molecule has 2 N–H and O–H groups in total. The summed E-state index contributed by atoms with van der Waals surface area (Å²) in [5, 5.41) is 10.4. The van der Waals surface area contributed by atoms with Gasteiger partial charge in [-0.05, 0) is 30.5 Å². The van der Waals surface area contributed by atoms with E-state index in [-0.39, 0.29) is 5.82 Å². The number of nitrogens with zero attached hydrogens (tertiary/aromatic N) is 3. The summed E-state index contributed by atoms with van der Waals surface area (Å²) in [4.78, 5) is 6.26. The molecule has 0 aliphatic carbocycles. The molecule has 2 rings (SSSR count). The van der Waals surface area contributed by atoms with Gasteiger partial charge in [-0.25, -0.2) is 9.38 Å². The van der Waals surface area contributed by atoms with Crippen LogP contribution < -0.4 is 15.5 Å². The van der Waals surface area contributed by atoms with Gasteiger partial charge >= 0.3 is 0 Å². The van der Waals surface area contributed by atoms with Gasteiger partial charge in [0.05, 0.1) is 24.5 Å². The van der Waals surface area contributed by atoms with Crippen LogP contribution in [0.15, 0.2) is 33.8 Å². The van der Waals surface area contributed by atoms with Crippen LogP contribution in [-0.4, -0.2) is 31.8 Å². The summed E-state index contributed by atoms with van der Waals surface area (Å²) in [6, 6.07) is 7.11. The molecule has 7 heteroatoms. The lowest BCUT2D eigenvalue weighted by molar-refractivity contribution is 0.372. The lowest BCUT2D eigenvalue weighted by Gasteiger charge is -2.14. The number of aliphatic imine (C=N–C) groups is 1. The third kappa shape index (κ3) is 5.47. The fraction of sp³-hybridized carbons (Fsp3) is 0.474. The monoisotopic (exact) mass is 361 g/mol. The number of anilines is 1. The Morgan fingerprint density at radius 1 is 1.27 bits per heavy atom. The van der Waals surface area contributed by atoms with E-state index < -0.39 is 0 Å². The predicted octanol–water partition coefficient (Wildman–Crippen LogP) is 3.26. The number of guanidine groups is 1. The summed E-state index contributed by atoms with van der Waals surface area (Å²) < 4.78 is 19.4. The molecule has 0 aliphatic heterocycles. The second-order valence-electron chi connectivity index (χ2n) is 6.60. The third-order valence-electron chi connectivity index (χ3n) is 3.86. The van der Waals surface area contributed by atoms with Crippen molar-refractivity contribution in [3.63, 3.8) is 0 Å². The van der Waals surface area contributed by atoms with Crippen molar-refractivity contribution in [2.45, 2.75) is 39.8 Å². The predicted molar refractivity (Wildman–Crippen MR) is 103 cm³/mol. The Morgan fingerprint density at radius 2 is 2.04 bits per heavy atom. The van der Waals surface area contributed by atoms with Gasteiger partial charge in [-0.1, -0.05) is 25.1 Å². The van der Waals surface area contributed by atoms with Crippen LogP contribution in [-0.2, 0) is 13.1 Å². The van der Waals surface area contributed by atoms with E-state index in [1.807, 2.05) is 33.2 Å². The highest BCUT2D eigenvalue weighted by atomic mass is 19.1. The van der Waals surface area contributed by atoms with Gasteiger partial charge in [-0.15, -0.1) is 0 Å². The Hall–Kier alpha value is -2.57. The van der Waals surface area contributed by atoms with E-state index in [0.717, 1.165) is 23.6 Å². The lowest BCUT2D eigenvalue weighted by Crippen LogP contribution is -2.36. The fourth-order valence-corrected chi connectivity index (χ4v) is 2.38. The van der Waals surface area contributed by atoms with Crippen molar-refractivity contribution in [1.82, 2.24) is 15.8 Å². The smallest absolute Gasteiger partial charge is 0.191 e. The van der Waals surface area contributed by atoms with Crippen molar-refractivity contribution in [3.8, 4) is 0 Å². The molecule has 0 unspecified atom stereocenters. The zero-order chi connectivity index (χ0) is 19.1. The molecule has 0 fully saturated rings. The van der Waals surface area contributed by atoms with E-state index >= 15 is 0 Å². The largest absolute Gasteiger partial charge is 0.375 e. The Bertz CT molecular complexity index is 739. The molecule has 1 aromatic carbocycles. The summed E-state index contributed by atoms with van der Waals surface area (Å²) >= 11 is 0. The number of hydrogen-bond acceptors (Lipinski definition) is 4. The number of benzene rings is 1. The molecule has 0 aliphatic rings. The Morgan fingerprint density at radius 3 is 2.62 bits per heavy atom. The van der Waals surface area contributed by atoms with Crippen molar-refractivity contribution >= 4 is 11.6 Å². The van der Waals surface area contributed by atoms with E-state index in [4.69, 9.17) is 4.52 Å². The molecule has 0 bridgehead atoms. The molecule has 2 aromatic rings. The first kappa shape index (κ1) is 19.8. The molecule has 0 atom stereocenters. The Labute approximate surface area is 154 Å². The van der Waals surface area contributed by atoms with Crippen LogP contribution in [0, 0.1) is 5.82 Å². The van der Waals surface area contributed by atoms with Crippen molar-refractivity contribution < 1.29 is 8.91 Å². The molecular formula is C19H28FN5O. The van der Waals surface area contributed by atoms with E-state index in [2.05, 4.69) is 34.6 Å². The first-order chi connectivity index (χ1) is 12.4.